The second kappa shape index (κ2) is 7.89. The Labute approximate surface area is 131 Å². The number of carbonyl (C=O) groups excluding carboxylic acids is 2. The molecule has 1 N–H and O–H groups in total. The molecule has 2 rings (SSSR count). The van der Waals surface area contributed by atoms with Crippen molar-refractivity contribution < 1.29 is 9.59 Å². The zero-order valence-corrected chi connectivity index (χ0v) is 13.3. The van der Waals surface area contributed by atoms with Gasteiger partial charge in [0.05, 0.1) is 5.92 Å². The highest BCUT2D eigenvalue weighted by Crippen LogP contribution is 2.20. The average Bonchev–Trinajstić information content (AvgIpc) is 2.85. The first-order valence-corrected chi connectivity index (χ1v) is 7.65. The van der Waals surface area contributed by atoms with Crippen molar-refractivity contribution in [2.75, 3.05) is 33.7 Å². The molecule has 0 saturated carbocycles. The molecule has 22 heavy (non-hydrogen) atoms. The van der Waals surface area contributed by atoms with Crippen molar-refractivity contribution in [1.29, 1.82) is 0 Å². The second-order valence-corrected chi connectivity index (χ2v) is 5.98. The molecule has 1 aromatic heterocycles. The Morgan fingerprint density at radius 1 is 1.41 bits per heavy atom. The standard InChI is InChI=1S/C16H24N4O2/c1-19(2)9-3-6-18-16(22)14-10-15(21)20(12-14)11-13-4-7-17-8-5-13/h4-5,7-8,14H,3,6,9-12H2,1-2H3,(H,18,22). The van der Waals surface area contributed by atoms with Crippen molar-refractivity contribution in [2.45, 2.75) is 19.4 Å². The first kappa shape index (κ1) is 16.4. The summed E-state index contributed by atoms with van der Waals surface area (Å²) in [6.45, 7) is 2.65. The van der Waals surface area contributed by atoms with E-state index in [1.165, 1.54) is 0 Å². The summed E-state index contributed by atoms with van der Waals surface area (Å²) < 4.78 is 0. The Morgan fingerprint density at radius 3 is 2.82 bits per heavy atom. The molecule has 1 fully saturated rings. The largest absolute Gasteiger partial charge is 0.356 e. The lowest BCUT2D eigenvalue weighted by Crippen LogP contribution is -2.34. The number of rotatable bonds is 7. The van der Waals surface area contributed by atoms with Crippen molar-refractivity contribution in [3.63, 3.8) is 0 Å². The maximum absolute atomic E-state index is 12.1. The molecule has 0 aliphatic carbocycles. The highest BCUT2D eigenvalue weighted by atomic mass is 16.2. The molecule has 2 amide bonds. The van der Waals surface area contributed by atoms with Gasteiger partial charge in [-0.25, -0.2) is 0 Å². The van der Waals surface area contributed by atoms with Gasteiger partial charge >= 0.3 is 0 Å². The van der Waals surface area contributed by atoms with Crippen molar-refractivity contribution in [3.05, 3.63) is 30.1 Å². The van der Waals surface area contributed by atoms with E-state index in [4.69, 9.17) is 0 Å². The van der Waals surface area contributed by atoms with Crippen molar-refractivity contribution in [1.82, 2.24) is 20.1 Å². The van der Waals surface area contributed by atoms with Crippen LogP contribution in [-0.2, 0) is 16.1 Å². The lowest BCUT2D eigenvalue weighted by molar-refractivity contribution is -0.129. The molecule has 2 heterocycles. The van der Waals surface area contributed by atoms with Gasteiger partial charge in [-0.15, -0.1) is 0 Å². The number of hydrogen-bond acceptors (Lipinski definition) is 4. The summed E-state index contributed by atoms with van der Waals surface area (Å²) in [6, 6.07) is 3.78. The first-order chi connectivity index (χ1) is 10.6. The lowest BCUT2D eigenvalue weighted by Gasteiger charge is -2.16. The number of likely N-dealkylation sites (tertiary alicyclic amines) is 1. The number of aromatic nitrogens is 1. The molecule has 0 bridgehead atoms. The molecule has 1 atom stereocenters. The third-order valence-corrected chi connectivity index (χ3v) is 3.79. The molecule has 6 nitrogen and oxygen atoms in total. The molecular formula is C16H24N4O2. The maximum atomic E-state index is 12.1. The molecule has 120 valence electrons. The van der Waals surface area contributed by atoms with Crippen LogP contribution in [0.1, 0.15) is 18.4 Å². The van der Waals surface area contributed by atoms with Gasteiger partial charge in [0.15, 0.2) is 0 Å². The molecule has 1 aliphatic rings. The third-order valence-electron chi connectivity index (χ3n) is 3.79. The fourth-order valence-electron chi connectivity index (χ4n) is 2.56. The van der Waals surface area contributed by atoms with Crippen molar-refractivity contribution >= 4 is 11.8 Å². The van der Waals surface area contributed by atoms with E-state index in [0.29, 0.717) is 26.1 Å². The van der Waals surface area contributed by atoms with Crippen LogP contribution in [0.3, 0.4) is 0 Å². The van der Waals surface area contributed by atoms with Crippen LogP contribution in [0.4, 0.5) is 0 Å². The van der Waals surface area contributed by atoms with E-state index in [2.05, 4.69) is 15.2 Å². The van der Waals surface area contributed by atoms with Gasteiger partial charge in [0.2, 0.25) is 11.8 Å². The van der Waals surface area contributed by atoms with E-state index in [0.717, 1.165) is 18.5 Å². The Morgan fingerprint density at radius 2 is 2.14 bits per heavy atom. The number of nitrogens with one attached hydrogen (secondary N) is 1. The third kappa shape index (κ3) is 4.80. The monoisotopic (exact) mass is 304 g/mol. The summed E-state index contributed by atoms with van der Waals surface area (Å²) in [6.07, 6.45) is 4.65. The molecule has 1 aromatic rings. The quantitative estimate of drug-likeness (QED) is 0.745. The van der Waals surface area contributed by atoms with E-state index in [1.807, 2.05) is 26.2 Å². The van der Waals surface area contributed by atoms with E-state index < -0.39 is 0 Å². The highest BCUT2D eigenvalue weighted by molar-refractivity contribution is 5.89. The Balaban J connectivity index is 1.77. The van der Waals surface area contributed by atoms with E-state index in [-0.39, 0.29) is 17.7 Å². The van der Waals surface area contributed by atoms with E-state index in [9.17, 15) is 9.59 Å². The highest BCUT2D eigenvalue weighted by Gasteiger charge is 2.33. The van der Waals surface area contributed by atoms with Gasteiger partial charge in [-0.05, 0) is 44.8 Å². The normalized spacial score (nSPS) is 18.0. The topological polar surface area (TPSA) is 65.5 Å². The number of nitrogens with zero attached hydrogens (tertiary/aromatic N) is 3. The molecule has 1 saturated heterocycles. The van der Waals surface area contributed by atoms with Crippen LogP contribution in [0.25, 0.3) is 0 Å². The van der Waals surface area contributed by atoms with Gasteiger partial charge in [0.25, 0.3) is 0 Å². The summed E-state index contributed by atoms with van der Waals surface area (Å²) in [5.74, 6) is -0.191. The molecule has 0 spiro atoms. The van der Waals surface area contributed by atoms with Crippen LogP contribution in [0.2, 0.25) is 0 Å². The maximum Gasteiger partial charge on any atom is 0.225 e. The fraction of sp³-hybridized carbons (Fsp3) is 0.562. The molecule has 1 aliphatic heterocycles. The summed E-state index contributed by atoms with van der Waals surface area (Å²) in [5.41, 5.74) is 1.04. The minimum absolute atomic E-state index is 0.00988. The van der Waals surface area contributed by atoms with Crippen LogP contribution in [0.15, 0.2) is 24.5 Å². The minimum Gasteiger partial charge on any atom is -0.356 e. The number of amides is 2. The van der Waals surface area contributed by atoms with E-state index in [1.54, 1.807) is 17.3 Å². The zero-order chi connectivity index (χ0) is 15.9. The van der Waals surface area contributed by atoms with Gasteiger partial charge in [-0.3, -0.25) is 14.6 Å². The summed E-state index contributed by atoms with van der Waals surface area (Å²) >= 11 is 0. The van der Waals surface area contributed by atoms with Gasteiger partial charge in [0, 0.05) is 38.4 Å². The summed E-state index contributed by atoms with van der Waals surface area (Å²) in [7, 11) is 4.02. The Bertz CT molecular complexity index is 504. The second-order valence-electron chi connectivity index (χ2n) is 5.98. The van der Waals surface area contributed by atoms with Gasteiger partial charge < -0.3 is 15.1 Å². The van der Waals surface area contributed by atoms with Gasteiger partial charge in [-0.2, -0.15) is 0 Å². The predicted octanol–water partition coefficient (Wildman–Crippen LogP) is 0.498. The molecule has 0 aromatic carbocycles. The molecular weight excluding hydrogens is 280 g/mol. The van der Waals surface area contributed by atoms with Crippen molar-refractivity contribution in [2.24, 2.45) is 5.92 Å². The SMILES string of the molecule is CN(C)CCCNC(=O)C1CC(=O)N(Cc2ccncc2)C1. The van der Waals surface area contributed by atoms with Crippen LogP contribution in [-0.4, -0.2) is 60.3 Å². The lowest BCUT2D eigenvalue weighted by atomic mass is 10.1. The summed E-state index contributed by atoms with van der Waals surface area (Å²) in [5, 5.41) is 2.93. The van der Waals surface area contributed by atoms with Crippen LogP contribution in [0, 0.1) is 5.92 Å². The Kier molecular flexibility index (Phi) is 5.89. The van der Waals surface area contributed by atoms with Gasteiger partial charge in [0.1, 0.15) is 0 Å². The van der Waals surface area contributed by atoms with Crippen LogP contribution < -0.4 is 5.32 Å². The summed E-state index contributed by atoms with van der Waals surface area (Å²) in [4.78, 5) is 32.0. The predicted molar refractivity (Wildman–Crippen MR) is 83.9 cm³/mol. The fourth-order valence-corrected chi connectivity index (χ4v) is 2.56. The number of hydrogen-bond donors (Lipinski definition) is 1. The van der Waals surface area contributed by atoms with Gasteiger partial charge in [-0.1, -0.05) is 0 Å². The zero-order valence-electron chi connectivity index (χ0n) is 13.3. The molecule has 1 unspecified atom stereocenters. The average molecular weight is 304 g/mol. The van der Waals surface area contributed by atoms with E-state index >= 15 is 0 Å². The minimum atomic E-state index is -0.228. The number of pyridine rings is 1. The smallest absolute Gasteiger partial charge is 0.225 e. The van der Waals surface area contributed by atoms with Crippen LogP contribution in [0.5, 0.6) is 0 Å². The van der Waals surface area contributed by atoms with Crippen LogP contribution >= 0.6 is 0 Å². The molecule has 6 heteroatoms. The molecule has 0 radical (unpaired) electrons. The number of carbonyl (C=O) groups is 2. The first-order valence-electron chi connectivity index (χ1n) is 7.65. The van der Waals surface area contributed by atoms with Crippen molar-refractivity contribution in [3.8, 4) is 0 Å². The Hall–Kier alpha value is -1.95.